The monoisotopic (exact) mass is 433 g/mol. The molecule has 3 rings (SSSR count). The Hall–Kier alpha value is -2.39. The summed E-state index contributed by atoms with van der Waals surface area (Å²) in [5.74, 6) is -5.49. The molecular formula is C20H24F5N3O2. The number of amides is 3. The lowest BCUT2D eigenvalue weighted by molar-refractivity contribution is -0.185. The van der Waals surface area contributed by atoms with E-state index in [1.165, 1.54) is 17.9 Å². The summed E-state index contributed by atoms with van der Waals surface area (Å²) >= 11 is 0. The van der Waals surface area contributed by atoms with Crippen LogP contribution in [0.2, 0.25) is 0 Å². The first-order valence-corrected chi connectivity index (χ1v) is 9.83. The third-order valence-corrected chi connectivity index (χ3v) is 6.52. The van der Waals surface area contributed by atoms with E-state index in [-0.39, 0.29) is 44.3 Å². The summed E-state index contributed by atoms with van der Waals surface area (Å²) in [5, 5.41) is 2.67. The van der Waals surface area contributed by atoms with Crippen molar-refractivity contribution in [3.63, 3.8) is 0 Å². The molecule has 166 valence electrons. The van der Waals surface area contributed by atoms with E-state index in [4.69, 9.17) is 5.73 Å². The van der Waals surface area contributed by atoms with Gasteiger partial charge in [-0.3, -0.25) is 4.79 Å². The maximum atomic E-state index is 14.0. The summed E-state index contributed by atoms with van der Waals surface area (Å²) in [6.45, 7) is 1.76. The maximum Gasteiger partial charge on any atom is 0.391 e. The fraction of sp³-hybridized carbons (Fsp3) is 0.600. The lowest BCUT2D eigenvalue weighted by atomic mass is 9.65. The van der Waals surface area contributed by atoms with Crippen molar-refractivity contribution in [1.29, 1.82) is 0 Å². The highest BCUT2D eigenvalue weighted by molar-refractivity contribution is 5.92. The second kappa shape index (κ2) is 8.03. The minimum atomic E-state index is -4.31. The molecule has 0 aromatic heterocycles. The molecule has 10 heteroatoms. The molecule has 1 aromatic carbocycles. The number of carbonyl (C=O) groups is 2. The summed E-state index contributed by atoms with van der Waals surface area (Å²) < 4.78 is 67.0. The van der Waals surface area contributed by atoms with Gasteiger partial charge in [-0.05, 0) is 56.2 Å². The predicted octanol–water partition coefficient (Wildman–Crippen LogP) is 3.69. The molecule has 1 unspecified atom stereocenters. The Bertz CT molecular complexity index is 823. The summed E-state index contributed by atoms with van der Waals surface area (Å²) in [7, 11) is 0. The molecule has 1 aromatic rings. The van der Waals surface area contributed by atoms with E-state index < -0.39 is 53.0 Å². The number of hydrogen-bond acceptors (Lipinski definition) is 2. The zero-order valence-electron chi connectivity index (χ0n) is 16.4. The number of benzene rings is 1. The van der Waals surface area contributed by atoms with Crippen LogP contribution in [-0.2, 0) is 4.79 Å². The average Bonchev–Trinajstić information content (AvgIpc) is 2.66. The minimum Gasteiger partial charge on any atom is -0.352 e. The molecule has 0 spiro atoms. The summed E-state index contributed by atoms with van der Waals surface area (Å²) in [4.78, 5) is 26.3. The van der Waals surface area contributed by atoms with E-state index in [0.717, 1.165) is 12.1 Å². The smallest absolute Gasteiger partial charge is 0.352 e. The molecule has 2 aliphatic rings. The normalized spacial score (nSPS) is 28.7. The number of urea groups is 1. The summed E-state index contributed by atoms with van der Waals surface area (Å²) in [6, 6.07) is 2.31. The number of primary amides is 1. The molecule has 3 amide bonds. The van der Waals surface area contributed by atoms with Crippen LogP contribution in [0, 0.1) is 23.5 Å². The van der Waals surface area contributed by atoms with Gasteiger partial charge in [0, 0.05) is 19.0 Å². The van der Waals surface area contributed by atoms with Gasteiger partial charge in [-0.25, -0.2) is 13.6 Å². The Morgan fingerprint density at radius 2 is 1.83 bits per heavy atom. The van der Waals surface area contributed by atoms with Crippen LogP contribution < -0.4 is 11.1 Å². The van der Waals surface area contributed by atoms with E-state index in [1.54, 1.807) is 0 Å². The minimum absolute atomic E-state index is 0.107. The van der Waals surface area contributed by atoms with Crippen molar-refractivity contribution in [1.82, 2.24) is 10.2 Å². The zero-order valence-corrected chi connectivity index (χ0v) is 16.4. The van der Waals surface area contributed by atoms with E-state index in [2.05, 4.69) is 5.32 Å². The lowest BCUT2D eigenvalue weighted by Crippen LogP contribution is -2.69. The molecule has 30 heavy (non-hydrogen) atoms. The fourth-order valence-corrected chi connectivity index (χ4v) is 5.00. The van der Waals surface area contributed by atoms with Crippen LogP contribution in [0.25, 0.3) is 0 Å². The number of hydrogen-bond donors (Lipinski definition) is 2. The largest absolute Gasteiger partial charge is 0.391 e. The summed E-state index contributed by atoms with van der Waals surface area (Å²) in [5.41, 5.74) is 4.20. The van der Waals surface area contributed by atoms with E-state index in [9.17, 15) is 31.5 Å². The molecule has 1 aliphatic carbocycles. The van der Waals surface area contributed by atoms with Gasteiger partial charge in [0.25, 0.3) is 0 Å². The highest BCUT2D eigenvalue weighted by Gasteiger charge is 2.54. The Morgan fingerprint density at radius 1 is 1.20 bits per heavy atom. The molecule has 1 heterocycles. The number of nitrogens with one attached hydrogen (secondary N) is 1. The van der Waals surface area contributed by atoms with Crippen molar-refractivity contribution in [2.24, 2.45) is 17.6 Å². The quantitative estimate of drug-likeness (QED) is 0.714. The Morgan fingerprint density at radius 3 is 2.37 bits per heavy atom. The van der Waals surface area contributed by atoms with E-state index in [0.29, 0.717) is 0 Å². The lowest BCUT2D eigenvalue weighted by Gasteiger charge is -2.50. The molecular weight excluding hydrogens is 409 g/mol. The van der Waals surface area contributed by atoms with E-state index >= 15 is 0 Å². The number of carbonyl (C=O) groups excluding carboxylic acids is 2. The Kier molecular flexibility index (Phi) is 5.97. The third kappa shape index (κ3) is 3.96. The molecule has 2 atom stereocenters. The third-order valence-electron chi connectivity index (χ3n) is 6.52. The maximum absolute atomic E-state index is 14.0. The number of rotatable bonds is 3. The number of piperazine rings is 1. The number of nitrogens with two attached hydrogens (primary N) is 1. The second-order valence-electron chi connectivity index (χ2n) is 8.20. The van der Waals surface area contributed by atoms with Crippen molar-refractivity contribution in [3.05, 3.63) is 35.4 Å². The van der Waals surface area contributed by atoms with Gasteiger partial charge in [0.1, 0.15) is 5.54 Å². The van der Waals surface area contributed by atoms with Gasteiger partial charge in [-0.2, -0.15) is 13.2 Å². The SMILES string of the molecule is CC1([C@H](c2ccc(F)c(F)c2)C2CCC(C(F)(F)F)CC2)C(=O)NCCN1C(N)=O. The van der Waals surface area contributed by atoms with Crippen molar-refractivity contribution < 1.29 is 31.5 Å². The van der Waals surface area contributed by atoms with Gasteiger partial charge >= 0.3 is 12.2 Å². The Labute approximate surface area is 170 Å². The average molecular weight is 433 g/mol. The standard InChI is InChI=1S/C20H24F5N3O2/c1-19(17(29)27-8-9-28(19)18(26)30)16(12-4-7-14(21)15(22)10-12)11-2-5-13(6-3-11)20(23,24)25/h4,7,10-11,13,16H,2-3,5-6,8-9H2,1H3,(H2,26,30)(H,27,29)/t11?,13?,16-,19?/m0/s1. The van der Waals surface area contributed by atoms with Gasteiger partial charge in [0.2, 0.25) is 5.91 Å². The van der Waals surface area contributed by atoms with Crippen LogP contribution in [0.5, 0.6) is 0 Å². The van der Waals surface area contributed by atoms with Gasteiger partial charge in [0.15, 0.2) is 11.6 Å². The first kappa shape index (κ1) is 22.3. The van der Waals surface area contributed by atoms with Crippen molar-refractivity contribution in [2.75, 3.05) is 13.1 Å². The highest BCUT2D eigenvalue weighted by Crippen LogP contribution is 2.49. The fourth-order valence-electron chi connectivity index (χ4n) is 5.00. The highest BCUT2D eigenvalue weighted by atomic mass is 19.4. The first-order valence-electron chi connectivity index (χ1n) is 9.83. The van der Waals surface area contributed by atoms with Crippen LogP contribution in [0.3, 0.4) is 0 Å². The molecule has 2 fully saturated rings. The number of halogens is 5. The topological polar surface area (TPSA) is 75.4 Å². The number of alkyl halides is 3. The predicted molar refractivity (Wildman–Crippen MR) is 98.3 cm³/mol. The molecule has 0 bridgehead atoms. The summed E-state index contributed by atoms with van der Waals surface area (Å²) in [6.07, 6.45) is -4.33. The van der Waals surface area contributed by atoms with Crippen LogP contribution in [-0.4, -0.2) is 41.6 Å². The van der Waals surface area contributed by atoms with Crippen LogP contribution in [0.15, 0.2) is 18.2 Å². The number of nitrogens with zero attached hydrogens (tertiary/aromatic N) is 1. The molecule has 1 aliphatic heterocycles. The van der Waals surface area contributed by atoms with Crippen LogP contribution in [0.1, 0.15) is 44.1 Å². The molecule has 1 saturated carbocycles. The van der Waals surface area contributed by atoms with Gasteiger partial charge in [0.05, 0.1) is 5.92 Å². The second-order valence-corrected chi connectivity index (χ2v) is 8.20. The Balaban J connectivity index is 2.05. The van der Waals surface area contributed by atoms with Gasteiger partial charge in [-0.1, -0.05) is 6.07 Å². The van der Waals surface area contributed by atoms with Crippen molar-refractivity contribution in [3.8, 4) is 0 Å². The molecule has 5 nitrogen and oxygen atoms in total. The molecule has 0 radical (unpaired) electrons. The van der Waals surface area contributed by atoms with Crippen molar-refractivity contribution in [2.45, 2.75) is 50.2 Å². The zero-order chi connectivity index (χ0) is 22.3. The molecule has 3 N–H and O–H groups in total. The van der Waals surface area contributed by atoms with Crippen LogP contribution >= 0.6 is 0 Å². The first-order chi connectivity index (χ1) is 14.0. The van der Waals surface area contributed by atoms with Gasteiger partial charge in [-0.15, -0.1) is 0 Å². The van der Waals surface area contributed by atoms with E-state index in [1.807, 2.05) is 0 Å². The van der Waals surface area contributed by atoms with Crippen LogP contribution in [0.4, 0.5) is 26.7 Å². The molecule has 1 saturated heterocycles. The van der Waals surface area contributed by atoms with Crippen molar-refractivity contribution >= 4 is 11.9 Å². The van der Waals surface area contributed by atoms with Gasteiger partial charge < -0.3 is 16.0 Å².